The molecule has 1 radical (unpaired) electrons. The van der Waals surface area contributed by atoms with Gasteiger partial charge in [0.25, 0.3) is 0 Å². The van der Waals surface area contributed by atoms with Crippen molar-refractivity contribution in [1.82, 2.24) is 19.8 Å². The Labute approximate surface area is 256 Å². The standard InChI is InChI=1S/C33H40FN7O.CH3.H2/c1-25-21-40(31-12-11-28(19-35)41-32(31)30(34)20-37-41)23-29(42-25)22-38-15-17-39(18-16-38)27-9-7-26(8-10-27)33(2)13-5-3-4-6-14-36-24-33;;/h3-5,7-13,20,25,29,36H,6,14-18,21-24H2,1-2H3;1H3;1H/b4-3+,13-5+;;/t25-,29+,33?;;/m1../s1. The van der Waals surface area contributed by atoms with Crippen LogP contribution in [0.3, 0.4) is 0 Å². The van der Waals surface area contributed by atoms with Crippen LogP contribution in [0.25, 0.3) is 5.52 Å². The van der Waals surface area contributed by atoms with Gasteiger partial charge < -0.3 is 19.9 Å². The van der Waals surface area contributed by atoms with Crippen molar-refractivity contribution in [3.05, 3.63) is 91.4 Å². The molecule has 0 saturated carbocycles. The van der Waals surface area contributed by atoms with E-state index in [4.69, 9.17) is 4.74 Å². The van der Waals surface area contributed by atoms with E-state index in [2.05, 4.69) is 93.6 Å². The van der Waals surface area contributed by atoms with Gasteiger partial charge in [-0.25, -0.2) is 8.91 Å². The average molecular weight is 587 g/mol. The first-order chi connectivity index (χ1) is 20.4. The summed E-state index contributed by atoms with van der Waals surface area (Å²) in [5, 5.41) is 17.1. The van der Waals surface area contributed by atoms with Gasteiger partial charge in [0.05, 0.1) is 24.1 Å². The SMILES string of the molecule is C[C@@H]1CN(c2ccc(C#N)n3ncc(F)c23)C[C@H](CN2CCN(c3ccc(C4(C)/C=C/C=C/CCNC4)cc3)CC2)O1.[CH3].[HH]. The number of pyridine rings is 1. The highest BCUT2D eigenvalue weighted by Crippen LogP contribution is 2.30. The largest absolute Gasteiger partial charge is 0.370 e. The third-order valence-corrected chi connectivity index (χ3v) is 8.79. The predicted octanol–water partition coefficient (Wildman–Crippen LogP) is 4.82. The van der Waals surface area contributed by atoms with Gasteiger partial charge in [-0.1, -0.05) is 50.8 Å². The van der Waals surface area contributed by atoms with Gasteiger partial charge in [-0.05, 0) is 49.7 Å². The zero-order valence-electron chi connectivity index (χ0n) is 25.5. The molecule has 1 N–H and O–H groups in total. The number of hydrogen-bond acceptors (Lipinski definition) is 7. The minimum absolute atomic E-state index is 0. The van der Waals surface area contributed by atoms with E-state index < -0.39 is 5.82 Å². The van der Waals surface area contributed by atoms with Crippen molar-refractivity contribution >= 4 is 16.9 Å². The lowest BCUT2D eigenvalue weighted by molar-refractivity contribution is -0.0327. The average Bonchev–Trinajstić information content (AvgIpc) is 3.44. The number of nitrogens with one attached hydrogen (secondary N) is 1. The molecule has 9 heteroatoms. The molecule has 1 aromatic carbocycles. The quantitative estimate of drug-likeness (QED) is 0.460. The lowest BCUT2D eigenvalue weighted by atomic mass is 9.82. The van der Waals surface area contributed by atoms with Crippen molar-refractivity contribution in [3.63, 3.8) is 0 Å². The fraction of sp³-hybridized carbons (Fsp3) is 0.441. The number of nitrogens with zero attached hydrogens (tertiary/aromatic N) is 6. The molecule has 0 aliphatic carbocycles. The van der Waals surface area contributed by atoms with Gasteiger partial charge in [-0.2, -0.15) is 10.4 Å². The van der Waals surface area contributed by atoms with Crippen molar-refractivity contribution in [2.24, 2.45) is 0 Å². The lowest BCUT2D eigenvalue weighted by Crippen LogP contribution is -2.54. The first kappa shape index (κ1) is 30.7. The summed E-state index contributed by atoms with van der Waals surface area (Å²) in [6.45, 7) is 12.3. The number of halogens is 1. The summed E-state index contributed by atoms with van der Waals surface area (Å²) < 4.78 is 22.5. The Kier molecular flexibility index (Phi) is 9.50. The van der Waals surface area contributed by atoms with Crippen LogP contribution in [0, 0.1) is 24.6 Å². The normalized spacial score (nSPS) is 26.6. The number of benzene rings is 1. The molecule has 0 spiro atoms. The molecule has 1 unspecified atom stereocenters. The molecule has 2 saturated heterocycles. The van der Waals surface area contributed by atoms with E-state index in [-0.39, 0.29) is 26.5 Å². The molecular formula is C34H45FN7O. The molecule has 3 aliphatic rings. The Morgan fingerprint density at radius 2 is 1.88 bits per heavy atom. The minimum Gasteiger partial charge on any atom is -0.370 e. The molecule has 43 heavy (non-hydrogen) atoms. The second kappa shape index (κ2) is 13.3. The highest BCUT2D eigenvalue weighted by Gasteiger charge is 2.30. The fourth-order valence-corrected chi connectivity index (χ4v) is 6.49. The third-order valence-electron chi connectivity index (χ3n) is 8.79. The van der Waals surface area contributed by atoms with Crippen LogP contribution in [0.2, 0.25) is 0 Å². The van der Waals surface area contributed by atoms with E-state index in [1.54, 1.807) is 6.07 Å². The van der Waals surface area contributed by atoms with E-state index >= 15 is 0 Å². The molecule has 3 aliphatic heterocycles. The van der Waals surface area contributed by atoms with E-state index in [1.165, 1.54) is 22.0 Å². The van der Waals surface area contributed by atoms with E-state index in [9.17, 15) is 9.65 Å². The summed E-state index contributed by atoms with van der Waals surface area (Å²) in [6, 6.07) is 14.7. The number of rotatable bonds is 5. The summed E-state index contributed by atoms with van der Waals surface area (Å²) in [6.07, 6.45) is 11.1. The summed E-state index contributed by atoms with van der Waals surface area (Å²) in [7, 11) is 0. The number of anilines is 2. The molecular weight excluding hydrogens is 541 g/mol. The Morgan fingerprint density at radius 3 is 2.65 bits per heavy atom. The van der Waals surface area contributed by atoms with Gasteiger partial charge >= 0.3 is 0 Å². The summed E-state index contributed by atoms with van der Waals surface area (Å²) in [5.74, 6) is -0.415. The number of piperazine rings is 1. The van der Waals surface area contributed by atoms with Crippen LogP contribution in [0.1, 0.15) is 33.0 Å². The molecule has 3 atom stereocenters. The smallest absolute Gasteiger partial charge is 0.171 e. The molecule has 0 bridgehead atoms. The molecule has 6 rings (SSSR count). The van der Waals surface area contributed by atoms with Crippen LogP contribution in [-0.4, -0.2) is 85.6 Å². The zero-order valence-corrected chi connectivity index (χ0v) is 25.5. The van der Waals surface area contributed by atoms with Crippen LogP contribution in [0.5, 0.6) is 0 Å². The number of allylic oxidation sites excluding steroid dienone is 2. The lowest BCUT2D eigenvalue weighted by Gasteiger charge is -2.42. The van der Waals surface area contributed by atoms with Crippen LogP contribution in [0.4, 0.5) is 15.8 Å². The van der Waals surface area contributed by atoms with Crippen LogP contribution in [0.15, 0.2) is 66.9 Å². The van der Waals surface area contributed by atoms with Crippen LogP contribution >= 0.6 is 0 Å². The Balaban J connectivity index is 0.00000221. The predicted molar refractivity (Wildman–Crippen MR) is 173 cm³/mol. The van der Waals surface area contributed by atoms with Crippen molar-refractivity contribution in [3.8, 4) is 6.07 Å². The Bertz CT molecular complexity index is 1490. The maximum Gasteiger partial charge on any atom is 0.171 e. The number of hydrogen-bond donors (Lipinski definition) is 1. The third kappa shape index (κ3) is 6.62. The first-order valence-electron chi connectivity index (χ1n) is 15.0. The van der Waals surface area contributed by atoms with Gasteiger partial charge in [0.1, 0.15) is 17.3 Å². The van der Waals surface area contributed by atoms with Crippen molar-refractivity contribution < 1.29 is 10.6 Å². The van der Waals surface area contributed by atoms with E-state index in [0.717, 1.165) is 57.9 Å². The highest BCUT2D eigenvalue weighted by atomic mass is 19.1. The highest BCUT2D eigenvalue weighted by molar-refractivity contribution is 5.74. The molecule has 229 valence electrons. The zero-order chi connectivity index (χ0) is 29.1. The monoisotopic (exact) mass is 586 g/mol. The number of nitriles is 1. The summed E-state index contributed by atoms with van der Waals surface area (Å²) in [4.78, 5) is 7.12. The van der Waals surface area contributed by atoms with Crippen molar-refractivity contribution in [1.29, 1.82) is 5.26 Å². The van der Waals surface area contributed by atoms with Crippen molar-refractivity contribution in [2.45, 2.75) is 37.9 Å². The number of fused-ring (bicyclic) bond motifs is 1. The number of ether oxygens (including phenoxy) is 1. The van der Waals surface area contributed by atoms with Crippen LogP contribution in [-0.2, 0) is 10.2 Å². The van der Waals surface area contributed by atoms with Gasteiger partial charge in [0.2, 0.25) is 0 Å². The number of morpholine rings is 1. The Morgan fingerprint density at radius 1 is 1.09 bits per heavy atom. The van der Waals surface area contributed by atoms with Gasteiger partial charge in [0, 0.05) is 64.9 Å². The summed E-state index contributed by atoms with van der Waals surface area (Å²) in [5.41, 5.74) is 3.98. The van der Waals surface area contributed by atoms with Crippen LogP contribution < -0.4 is 15.1 Å². The van der Waals surface area contributed by atoms with Gasteiger partial charge in [-0.3, -0.25) is 4.90 Å². The van der Waals surface area contributed by atoms with E-state index in [1.807, 2.05) is 6.07 Å². The minimum atomic E-state index is -0.415. The Hall–Kier alpha value is -3.71. The molecule has 0 amide bonds. The molecule has 8 nitrogen and oxygen atoms in total. The van der Waals surface area contributed by atoms with Crippen molar-refractivity contribution in [2.75, 3.05) is 68.7 Å². The maximum atomic E-state index is 14.7. The second-order valence-electron chi connectivity index (χ2n) is 11.9. The molecule has 2 aromatic heterocycles. The fourth-order valence-electron chi connectivity index (χ4n) is 6.49. The summed E-state index contributed by atoms with van der Waals surface area (Å²) >= 11 is 0. The van der Waals surface area contributed by atoms with Gasteiger partial charge in [-0.15, -0.1) is 0 Å². The topological polar surface area (TPSA) is 72.1 Å². The second-order valence-corrected chi connectivity index (χ2v) is 11.9. The molecule has 3 aromatic rings. The number of aromatic nitrogens is 2. The molecule has 2 fully saturated rings. The van der Waals surface area contributed by atoms with Gasteiger partial charge in [0.15, 0.2) is 5.82 Å². The first-order valence-corrected chi connectivity index (χ1v) is 15.0. The van der Waals surface area contributed by atoms with E-state index in [0.29, 0.717) is 24.3 Å². The molecule has 5 heterocycles. The maximum absolute atomic E-state index is 14.7.